The molecule has 0 atom stereocenters. The van der Waals surface area contributed by atoms with E-state index in [4.69, 9.17) is 0 Å². The van der Waals surface area contributed by atoms with Crippen molar-refractivity contribution in [3.8, 4) is 0 Å². The number of amides is 1. The summed E-state index contributed by atoms with van der Waals surface area (Å²) in [4.78, 5) is 16.6. The molecule has 0 radical (unpaired) electrons. The number of rotatable bonds is 8. The molecule has 2 N–H and O–H groups in total. The normalized spacial score (nSPS) is 15.4. The Kier molecular flexibility index (Phi) is 7.78. The van der Waals surface area contributed by atoms with E-state index in [-0.39, 0.29) is 11.7 Å². The van der Waals surface area contributed by atoms with Gasteiger partial charge in [-0.3, -0.25) is 4.79 Å². The van der Waals surface area contributed by atoms with Crippen LogP contribution in [0, 0.1) is 5.82 Å². The third-order valence-corrected chi connectivity index (χ3v) is 5.84. The van der Waals surface area contributed by atoms with Crippen molar-refractivity contribution >= 4 is 17.2 Å². The van der Waals surface area contributed by atoms with Crippen LogP contribution in [0.2, 0.25) is 0 Å². The molecule has 146 valence electrons. The molecule has 0 spiro atoms. The summed E-state index contributed by atoms with van der Waals surface area (Å²) < 4.78 is 13.0. The first-order valence-corrected chi connectivity index (χ1v) is 10.7. The molecule has 1 aromatic heterocycles. The highest BCUT2D eigenvalue weighted by Gasteiger charge is 2.12. The maximum absolute atomic E-state index is 13.0. The van der Waals surface area contributed by atoms with Gasteiger partial charge in [0.15, 0.2) is 0 Å². The van der Waals surface area contributed by atoms with Crippen molar-refractivity contribution in [2.24, 2.45) is 0 Å². The Bertz CT molecular complexity index is 708. The van der Waals surface area contributed by atoms with Crippen LogP contribution >= 0.6 is 11.3 Å². The second-order valence-corrected chi connectivity index (χ2v) is 8.15. The number of halogens is 1. The third kappa shape index (κ3) is 7.03. The minimum Gasteiger partial charge on any atom is -0.354 e. The van der Waals surface area contributed by atoms with E-state index < -0.39 is 0 Å². The van der Waals surface area contributed by atoms with Crippen LogP contribution in [0.1, 0.15) is 54.8 Å². The summed E-state index contributed by atoms with van der Waals surface area (Å²) in [5.41, 5.74) is 1.82. The molecule has 6 heteroatoms. The zero-order valence-corrected chi connectivity index (χ0v) is 16.5. The average Bonchev–Trinajstić information content (AvgIpc) is 2.92. The van der Waals surface area contributed by atoms with Crippen molar-refractivity contribution in [1.82, 2.24) is 15.6 Å². The van der Waals surface area contributed by atoms with E-state index in [0.29, 0.717) is 25.4 Å². The fraction of sp³-hybridized carbons (Fsp3) is 0.524. The van der Waals surface area contributed by atoms with E-state index in [0.717, 1.165) is 22.8 Å². The largest absolute Gasteiger partial charge is 0.354 e. The minimum absolute atomic E-state index is 0.0105. The summed E-state index contributed by atoms with van der Waals surface area (Å²) in [5.74, 6) is -0.222. The lowest BCUT2D eigenvalue weighted by atomic mass is 10.1. The van der Waals surface area contributed by atoms with Crippen LogP contribution in [0.5, 0.6) is 0 Å². The van der Waals surface area contributed by atoms with Crippen molar-refractivity contribution in [3.05, 3.63) is 51.7 Å². The number of nitrogens with zero attached hydrogens (tertiary/aromatic N) is 1. The zero-order chi connectivity index (χ0) is 18.9. The van der Waals surface area contributed by atoms with Gasteiger partial charge in [-0.25, -0.2) is 9.37 Å². The van der Waals surface area contributed by atoms with E-state index in [2.05, 4.69) is 15.6 Å². The van der Waals surface area contributed by atoms with Crippen molar-refractivity contribution < 1.29 is 9.18 Å². The maximum atomic E-state index is 13.0. The molecule has 0 unspecified atom stereocenters. The first-order valence-electron chi connectivity index (χ1n) is 9.87. The van der Waals surface area contributed by atoms with Crippen LogP contribution in [0.25, 0.3) is 0 Å². The van der Waals surface area contributed by atoms with Crippen LogP contribution in [-0.2, 0) is 17.6 Å². The maximum Gasteiger partial charge on any atom is 0.226 e. The molecule has 1 heterocycles. The lowest BCUT2D eigenvalue weighted by molar-refractivity contribution is -0.120. The molecule has 1 aliphatic rings. The van der Waals surface area contributed by atoms with Crippen LogP contribution < -0.4 is 10.6 Å². The van der Waals surface area contributed by atoms with Gasteiger partial charge >= 0.3 is 0 Å². The molecule has 1 fully saturated rings. The van der Waals surface area contributed by atoms with Gasteiger partial charge in [-0.15, -0.1) is 11.3 Å². The molecule has 0 saturated heterocycles. The average molecular weight is 390 g/mol. The summed E-state index contributed by atoms with van der Waals surface area (Å²) in [6.07, 6.45) is 8.81. The Hall–Kier alpha value is -1.79. The van der Waals surface area contributed by atoms with Crippen LogP contribution in [0.4, 0.5) is 4.39 Å². The molecule has 3 rings (SSSR count). The lowest BCUT2D eigenvalue weighted by Crippen LogP contribution is -2.37. The smallest absolute Gasteiger partial charge is 0.226 e. The monoisotopic (exact) mass is 389 g/mol. The molecule has 0 bridgehead atoms. The quantitative estimate of drug-likeness (QED) is 0.533. The van der Waals surface area contributed by atoms with Crippen molar-refractivity contribution in [3.63, 3.8) is 0 Å². The zero-order valence-electron chi connectivity index (χ0n) is 15.7. The number of carbonyl (C=O) groups excluding carboxylic acids is 1. The van der Waals surface area contributed by atoms with Gasteiger partial charge < -0.3 is 10.6 Å². The summed E-state index contributed by atoms with van der Waals surface area (Å²) in [6.45, 7) is 1.48. The van der Waals surface area contributed by atoms with Gasteiger partial charge in [0, 0.05) is 30.9 Å². The first kappa shape index (κ1) is 20.0. The predicted octanol–water partition coefficient (Wildman–Crippen LogP) is 3.84. The summed E-state index contributed by atoms with van der Waals surface area (Å²) in [6, 6.07) is 7.06. The summed E-state index contributed by atoms with van der Waals surface area (Å²) in [5, 5.41) is 9.41. The molecular weight excluding hydrogens is 361 g/mol. The van der Waals surface area contributed by atoms with Crippen LogP contribution in [0.15, 0.2) is 29.6 Å². The molecule has 2 aromatic rings. The van der Waals surface area contributed by atoms with Crippen LogP contribution in [0.3, 0.4) is 0 Å². The fourth-order valence-corrected chi connectivity index (χ4v) is 4.30. The Morgan fingerprint density at radius 2 is 1.85 bits per heavy atom. The predicted molar refractivity (Wildman–Crippen MR) is 108 cm³/mol. The highest BCUT2D eigenvalue weighted by atomic mass is 32.1. The molecule has 1 aromatic carbocycles. The molecular formula is C21H28FN3OS. The van der Waals surface area contributed by atoms with Gasteiger partial charge in [0.25, 0.3) is 0 Å². The summed E-state index contributed by atoms with van der Waals surface area (Å²) in [7, 11) is 0. The number of hydrogen-bond donors (Lipinski definition) is 2. The fourth-order valence-electron chi connectivity index (χ4n) is 3.48. The Labute approximate surface area is 164 Å². The van der Waals surface area contributed by atoms with Gasteiger partial charge in [-0.2, -0.15) is 0 Å². The Morgan fingerprint density at radius 3 is 2.59 bits per heavy atom. The summed E-state index contributed by atoms with van der Waals surface area (Å²) >= 11 is 1.54. The van der Waals surface area contributed by atoms with Gasteiger partial charge in [-0.05, 0) is 30.5 Å². The highest BCUT2D eigenvalue weighted by molar-refractivity contribution is 7.09. The second kappa shape index (κ2) is 10.5. The molecule has 27 heavy (non-hydrogen) atoms. The minimum atomic E-state index is -0.233. The van der Waals surface area contributed by atoms with Gasteiger partial charge in [-0.1, -0.05) is 37.8 Å². The van der Waals surface area contributed by atoms with Crippen molar-refractivity contribution in [2.75, 3.05) is 13.1 Å². The van der Waals surface area contributed by atoms with Crippen molar-refractivity contribution in [2.45, 2.75) is 57.4 Å². The highest BCUT2D eigenvalue weighted by Crippen LogP contribution is 2.17. The van der Waals surface area contributed by atoms with E-state index in [1.165, 1.54) is 50.7 Å². The van der Waals surface area contributed by atoms with Crippen molar-refractivity contribution in [1.29, 1.82) is 0 Å². The molecule has 1 aliphatic carbocycles. The first-order chi connectivity index (χ1) is 13.2. The standard InChI is InChI=1S/C21H28FN3OS/c22-17-9-7-16(8-10-17)13-21-25-19(15-27-21)14-20(26)24-12-11-23-18-5-3-1-2-4-6-18/h7-10,15,18,23H,1-6,11-14H2,(H,24,26). The number of thiazole rings is 1. The Balaban J connectivity index is 1.35. The number of hydrogen-bond acceptors (Lipinski definition) is 4. The number of benzene rings is 1. The van der Waals surface area contributed by atoms with Crippen LogP contribution in [-0.4, -0.2) is 30.0 Å². The number of nitrogens with one attached hydrogen (secondary N) is 2. The lowest BCUT2D eigenvalue weighted by Gasteiger charge is -2.16. The number of carbonyl (C=O) groups is 1. The van der Waals surface area contributed by atoms with E-state index in [1.807, 2.05) is 5.38 Å². The molecule has 1 amide bonds. The van der Waals surface area contributed by atoms with E-state index in [1.54, 1.807) is 23.5 Å². The van der Waals surface area contributed by atoms with Gasteiger partial charge in [0.05, 0.1) is 17.1 Å². The number of aromatic nitrogens is 1. The SMILES string of the molecule is O=C(Cc1csc(Cc2ccc(F)cc2)n1)NCCNC1CCCCCC1. The molecule has 4 nitrogen and oxygen atoms in total. The van der Waals surface area contributed by atoms with E-state index in [9.17, 15) is 9.18 Å². The van der Waals surface area contributed by atoms with Gasteiger partial charge in [0.1, 0.15) is 5.82 Å². The second-order valence-electron chi connectivity index (χ2n) is 7.21. The topological polar surface area (TPSA) is 54.0 Å². The van der Waals surface area contributed by atoms with Gasteiger partial charge in [0.2, 0.25) is 5.91 Å². The van der Waals surface area contributed by atoms with E-state index >= 15 is 0 Å². The third-order valence-electron chi connectivity index (χ3n) is 4.94. The Morgan fingerprint density at radius 1 is 1.11 bits per heavy atom. The molecule has 1 saturated carbocycles. The molecule has 0 aliphatic heterocycles.